The lowest BCUT2D eigenvalue weighted by molar-refractivity contribution is 0.298. The summed E-state index contributed by atoms with van der Waals surface area (Å²) in [6.07, 6.45) is 4.95. The molecule has 0 spiro atoms. The third-order valence-electron chi connectivity index (χ3n) is 2.13. The summed E-state index contributed by atoms with van der Waals surface area (Å²) in [5.41, 5.74) is 0.787. The molecule has 1 aromatic carbocycles. The Balaban J connectivity index is 2.04. The van der Waals surface area contributed by atoms with Crippen LogP contribution < -0.4 is 9.47 Å². The van der Waals surface area contributed by atoms with Crippen molar-refractivity contribution in [3.8, 4) is 11.5 Å². The van der Waals surface area contributed by atoms with E-state index in [1.165, 1.54) is 0 Å². The first-order valence-electron chi connectivity index (χ1n) is 5.01. The van der Waals surface area contributed by atoms with Gasteiger partial charge in [-0.05, 0) is 34.1 Å². The van der Waals surface area contributed by atoms with Gasteiger partial charge in [0, 0.05) is 12.4 Å². The lowest BCUT2D eigenvalue weighted by Gasteiger charge is -2.08. The molecule has 0 radical (unpaired) electrons. The number of methoxy groups -OCH3 is 1. The standard InChI is InChI=1S/C12H11BrN2O2/c1-16-10-2-3-12(11(13)6-10)17-8-9-7-14-4-5-15-9/h2-7H,8H2,1H3. The third kappa shape index (κ3) is 3.17. The molecule has 0 unspecified atom stereocenters. The van der Waals surface area contributed by atoms with Gasteiger partial charge in [-0.3, -0.25) is 9.97 Å². The van der Waals surface area contributed by atoms with E-state index in [-0.39, 0.29) is 0 Å². The first-order valence-corrected chi connectivity index (χ1v) is 5.80. The lowest BCUT2D eigenvalue weighted by Crippen LogP contribution is -1.99. The van der Waals surface area contributed by atoms with E-state index >= 15 is 0 Å². The number of ether oxygens (including phenoxy) is 2. The summed E-state index contributed by atoms with van der Waals surface area (Å²) in [4.78, 5) is 8.10. The topological polar surface area (TPSA) is 44.2 Å². The van der Waals surface area contributed by atoms with E-state index in [1.54, 1.807) is 25.7 Å². The van der Waals surface area contributed by atoms with E-state index < -0.39 is 0 Å². The monoisotopic (exact) mass is 294 g/mol. The summed E-state index contributed by atoms with van der Waals surface area (Å²) in [5.74, 6) is 1.53. The maximum atomic E-state index is 5.62. The lowest BCUT2D eigenvalue weighted by atomic mass is 10.3. The van der Waals surface area contributed by atoms with Crippen molar-refractivity contribution >= 4 is 15.9 Å². The molecule has 5 heteroatoms. The van der Waals surface area contributed by atoms with Crippen LogP contribution in [0, 0.1) is 0 Å². The van der Waals surface area contributed by atoms with Crippen molar-refractivity contribution in [2.45, 2.75) is 6.61 Å². The summed E-state index contributed by atoms with van der Waals surface area (Å²) in [7, 11) is 1.63. The van der Waals surface area contributed by atoms with Gasteiger partial charge in [0.15, 0.2) is 0 Å². The van der Waals surface area contributed by atoms with Crippen LogP contribution in [-0.2, 0) is 6.61 Å². The van der Waals surface area contributed by atoms with Crippen molar-refractivity contribution in [2.24, 2.45) is 0 Å². The van der Waals surface area contributed by atoms with Gasteiger partial charge in [-0.15, -0.1) is 0 Å². The Labute approximate surface area is 108 Å². The molecule has 1 aromatic heterocycles. The van der Waals surface area contributed by atoms with Crippen molar-refractivity contribution in [1.82, 2.24) is 9.97 Å². The SMILES string of the molecule is COc1ccc(OCc2cnccn2)c(Br)c1. The maximum Gasteiger partial charge on any atom is 0.134 e. The molecule has 0 saturated carbocycles. The van der Waals surface area contributed by atoms with Crippen LogP contribution in [0.3, 0.4) is 0 Å². The molecular weight excluding hydrogens is 284 g/mol. The predicted octanol–water partition coefficient (Wildman–Crippen LogP) is 2.83. The number of benzene rings is 1. The Morgan fingerprint density at radius 1 is 1.29 bits per heavy atom. The molecular formula is C12H11BrN2O2. The zero-order valence-electron chi connectivity index (χ0n) is 9.26. The number of hydrogen-bond acceptors (Lipinski definition) is 4. The predicted molar refractivity (Wildman–Crippen MR) is 67.1 cm³/mol. The quantitative estimate of drug-likeness (QED) is 0.870. The highest BCUT2D eigenvalue weighted by Crippen LogP contribution is 2.29. The zero-order valence-corrected chi connectivity index (χ0v) is 10.8. The smallest absolute Gasteiger partial charge is 0.134 e. The molecule has 2 rings (SSSR count). The molecule has 0 amide bonds. The minimum Gasteiger partial charge on any atom is -0.497 e. The highest BCUT2D eigenvalue weighted by Gasteiger charge is 2.03. The van der Waals surface area contributed by atoms with E-state index in [1.807, 2.05) is 18.2 Å². The van der Waals surface area contributed by atoms with Gasteiger partial charge in [0.1, 0.15) is 18.1 Å². The number of hydrogen-bond donors (Lipinski definition) is 0. The molecule has 88 valence electrons. The van der Waals surface area contributed by atoms with Crippen molar-refractivity contribution in [2.75, 3.05) is 7.11 Å². The fourth-order valence-electron chi connectivity index (χ4n) is 1.28. The molecule has 0 atom stereocenters. The minimum atomic E-state index is 0.388. The summed E-state index contributed by atoms with van der Waals surface area (Å²) in [6.45, 7) is 0.388. The van der Waals surface area contributed by atoms with Gasteiger partial charge in [0.25, 0.3) is 0 Å². The molecule has 1 heterocycles. The molecule has 0 aliphatic heterocycles. The minimum absolute atomic E-state index is 0.388. The Morgan fingerprint density at radius 2 is 2.18 bits per heavy atom. The second-order valence-electron chi connectivity index (χ2n) is 3.28. The van der Waals surface area contributed by atoms with Gasteiger partial charge in [-0.2, -0.15) is 0 Å². The van der Waals surface area contributed by atoms with E-state index in [0.717, 1.165) is 21.7 Å². The van der Waals surface area contributed by atoms with Gasteiger partial charge in [-0.1, -0.05) is 0 Å². The Kier molecular flexibility index (Phi) is 3.93. The van der Waals surface area contributed by atoms with Crippen LogP contribution in [0.25, 0.3) is 0 Å². The number of nitrogens with zero attached hydrogens (tertiary/aromatic N) is 2. The molecule has 0 N–H and O–H groups in total. The average molecular weight is 295 g/mol. The van der Waals surface area contributed by atoms with Crippen molar-refractivity contribution in [3.63, 3.8) is 0 Å². The van der Waals surface area contributed by atoms with Gasteiger partial charge >= 0.3 is 0 Å². The molecule has 0 bridgehead atoms. The highest BCUT2D eigenvalue weighted by atomic mass is 79.9. The van der Waals surface area contributed by atoms with Gasteiger partial charge in [0.2, 0.25) is 0 Å². The molecule has 4 nitrogen and oxygen atoms in total. The first-order chi connectivity index (χ1) is 8.29. The Morgan fingerprint density at radius 3 is 2.82 bits per heavy atom. The van der Waals surface area contributed by atoms with Gasteiger partial charge in [-0.25, -0.2) is 0 Å². The highest BCUT2D eigenvalue weighted by molar-refractivity contribution is 9.10. The fraction of sp³-hybridized carbons (Fsp3) is 0.167. The van der Waals surface area contributed by atoms with Gasteiger partial charge < -0.3 is 9.47 Å². The number of halogens is 1. The van der Waals surface area contributed by atoms with E-state index in [2.05, 4.69) is 25.9 Å². The van der Waals surface area contributed by atoms with Crippen LogP contribution in [0.4, 0.5) is 0 Å². The third-order valence-corrected chi connectivity index (χ3v) is 2.75. The molecule has 2 aromatic rings. The fourth-order valence-corrected chi connectivity index (χ4v) is 1.75. The molecule has 0 aliphatic rings. The second kappa shape index (κ2) is 5.63. The second-order valence-corrected chi connectivity index (χ2v) is 4.14. The van der Waals surface area contributed by atoms with Crippen LogP contribution in [0.2, 0.25) is 0 Å². The molecule has 17 heavy (non-hydrogen) atoms. The van der Waals surface area contributed by atoms with Crippen LogP contribution in [0.1, 0.15) is 5.69 Å². The number of rotatable bonds is 4. The Hall–Kier alpha value is -1.62. The molecule has 0 fully saturated rings. The van der Waals surface area contributed by atoms with E-state index in [9.17, 15) is 0 Å². The maximum absolute atomic E-state index is 5.62. The number of aromatic nitrogens is 2. The average Bonchev–Trinajstić information content (AvgIpc) is 2.38. The van der Waals surface area contributed by atoms with Crippen LogP contribution in [-0.4, -0.2) is 17.1 Å². The van der Waals surface area contributed by atoms with E-state index in [4.69, 9.17) is 9.47 Å². The first kappa shape index (κ1) is 11.9. The summed E-state index contributed by atoms with van der Waals surface area (Å²) in [5, 5.41) is 0. The zero-order chi connectivity index (χ0) is 12.1. The van der Waals surface area contributed by atoms with Gasteiger partial charge in [0.05, 0.1) is 23.5 Å². The normalized spacial score (nSPS) is 10.0. The van der Waals surface area contributed by atoms with Crippen molar-refractivity contribution < 1.29 is 9.47 Å². The Bertz CT molecular complexity index is 491. The van der Waals surface area contributed by atoms with Crippen LogP contribution in [0.5, 0.6) is 11.5 Å². The largest absolute Gasteiger partial charge is 0.497 e. The van der Waals surface area contributed by atoms with Crippen molar-refractivity contribution in [1.29, 1.82) is 0 Å². The molecule has 0 aliphatic carbocycles. The van der Waals surface area contributed by atoms with Crippen LogP contribution >= 0.6 is 15.9 Å². The molecule has 0 saturated heterocycles. The summed E-state index contributed by atoms with van der Waals surface area (Å²) >= 11 is 3.42. The van der Waals surface area contributed by atoms with E-state index in [0.29, 0.717) is 6.61 Å². The van der Waals surface area contributed by atoms with Crippen LogP contribution in [0.15, 0.2) is 41.3 Å². The van der Waals surface area contributed by atoms with Crippen molar-refractivity contribution in [3.05, 3.63) is 47.0 Å². The summed E-state index contributed by atoms with van der Waals surface area (Å²) < 4.78 is 11.6. The summed E-state index contributed by atoms with van der Waals surface area (Å²) in [6, 6.07) is 5.54.